The topological polar surface area (TPSA) is 26.3 Å². The molecule has 0 aliphatic carbocycles. The normalized spacial score (nSPS) is 14.7. The van der Waals surface area contributed by atoms with Crippen LogP contribution < -0.4 is 0 Å². The number of carbonyl (C=O) groups is 1. The summed E-state index contributed by atoms with van der Waals surface area (Å²) in [5.74, 6) is -0.444. The first kappa shape index (κ1) is 10.1. The number of carbonyl (C=O) groups excluding carboxylic acids is 1. The van der Waals surface area contributed by atoms with Gasteiger partial charge in [0.2, 0.25) is 0 Å². The van der Waals surface area contributed by atoms with E-state index in [4.69, 9.17) is 11.6 Å². The minimum atomic E-state index is -1.09. The van der Waals surface area contributed by atoms with Crippen LogP contribution in [-0.2, 0) is 14.4 Å². The zero-order valence-electron chi connectivity index (χ0n) is 7.58. The van der Waals surface area contributed by atoms with Crippen LogP contribution in [0.4, 0.5) is 0 Å². The molecule has 0 bridgehead atoms. The lowest BCUT2D eigenvalue weighted by Gasteiger charge is -2.18. The summed E-state index contributed by atoms with van der Waals surface area (Å²) in [4.78, 5) is 10.2. The van der Waals surface area contributed by atoms with E-state index in [9.17, 15) is 4.79 Å². The van der Waals surface area contributed by atoms with Crippen LogP contribution in [0.15, 0.2) is 30.3 Å². The van der Waals surface area contributed by atoms with Crippen LogP contribution in [0.3, 0.4) is 0 Å². The predicted octanol–water partition coefficient (Wildman–Crippen LogP) is 2.31. The molecule has 0 aliphatic heterocycles. The van der Waals surface area contributed by atoms with Crippen molar-refractivity contribution in [3.05, 3.63) is 35.9 Å². The van der Waals surface area contributed by atoms with E-state index in [1.165, 1.54) is 7.11 Å². The van der Waals surface area contributed by atoms with Gasteiger partial charge in [0.05, 0.1) is 7.11 Å². The number of hydrogen-bond acceptors (Lipinski definition) is 2. The number of benzene rings is 1. The van der Waals surface area contributed by atoms with Gasteiger partial charge in [-0.2, -0.15) is 0 Å². The van der Waals surface area contributed by atoms with Gasteiger partial charge in [0.25, 0.3) is 0 Å². The van der Waals surface area contributed by atoms with Gasteiger partial charge in [-0.1, -0.05) is 30.3 Å². The van der Waals surface area contributed by atoms with Crippen molar-refractivity contribution in [2.75, 3.05) is 7.11 Å². The van der Waals surface area contributed by atoms with Gasteiger partial charge in [-0.25, -0.2) is 4.79 Å². The monoisotopic (exact) mass is 198 g/mol. The SMILES string of the molecule is COC(=O)[C@](C)(Cl)c1ccccc1. The Morgan fingerprint density at radius 1 is 1.38 bits per heavy atom. The summed E-state index contributed by atoms with van der Waals surface area (Å²) in [6.45, 7) is 1.62. The highest BCUT2D eigenvalue weighted by molar-refractivity contribution is 6.33. The van der Waals surface area contributed by atoms with Crippen LogP contribution in [0.5, 0.6) is 0 Å². The summed E-state index contributed by atoms with van der Waals surface area (Å²) in [5, 5.41) is 0. The highest BCUT2D eigenvalue weighted by Gasteiger charge is 2.33. The van der Waals surface area contributed by atoms with E-state index < -0.39 is 10.8 Å². The average molecular weight is 199 g/mol. The average Bonchev–Trinajstić information content (AvgIpc) is 2.18. The molecule has 1 atom stereocenters. The molecule has 0 amide bonds. The number of ether oxygens (including phenoxy) is 1. The summed E-state index contributed by atoms with van der Waals surface area (Å²) in [6, 6.07) is 9.12. The molecule has 2 nitrogen and oxygen atoms in total. The minimum absolute atomic E-state index is 0.444. The van der Waals surface area contributed by atoms with Crippen molar-refractivity contribution in [3.8, 4) is 0 Å². The summed E-state index contributed by atoms with van der Waals surface area (Å²) in [6.07, 6.45) is 0. The van der Waals surface area contributed by atoms with Crippen molar-refractivity contribution < 1.29 is 9.53 Å². The van der Waals surface area contributed by atoms with E-state index in [1.807, 2.05) is 18.2 Å². The van der Waals surface area contributed by atoms with Gasteiger partial charge < -0.3 is 4.74 Å². The second-order valence-corrected chi connectivity index (χ2v) is 3.62. The third-order valence-corrected chi connectivity index (χ3v) is 2.26. The van der Waals surface area contributed by atoms with Gasteiger partial charge in [-0.3, -0.25) is 0 Å². The molecule has 0 unspecified atom stereocenters. The predicted molar refractivity (Wildman–Crippen MR) is 51.7 cm³/mol. The summed E-state index contributed by atoms with van der Waals surface area (Å²) in [7, 11) is 1.33. The maximum Gasteiger partial charge on any atom is 0.331 e. The minimum Gasteiger partial charge on any atom is -0.467 e. The van der Waals surface area contributed by atoms with Gasteiger partial charge in [0.15, 0.2) is 4.87 Å². The number of halogens is 1. The Hall–Kier alpha value is -1.02. The van der Waals surface area contributed by atoms with Crippen LogP contribution in [0.2, 0.25) is 0 Å². The lowest BCUT2D eigenvalue weighted by atomic mass is 10.0. The van der Waals surface area contributed by atoms with E-state index >= 15 is 0 Å². The third kappa shape index (κ3) is 2.01. The van der Waals surface area contributed by atoms with E-state index in [2.05, 4.69) is 4.74 Å². The van der Waals surface area contributed by atoms with Gasteiger partial charge >= 0.3 is 5.97 Å². The summed E-state index contributed by atoms with van der Waals surface area (Å²) < 4.78 is 4.60. The molecule has 1 aromatic rings. The van der Waals surface area contributed by atoms with Crippen molar-refractivity contribution in [1.29, 1.82) is 0 Å². The Balaban J connectivity index is 3.00. The Morgan fingerprint density at radius 3 is 2.38 bits per heavy atom. The summed E-state index contributed by atoms with van der Waals surface area (Å²) >= 11 is 6.04. The van der Waals surface area contributed by atoms with E-state index in [0.717, 1.165) is 5.56 Å². The van der Waals surface area contributed by atoms with E-state index in [1.54, 1.807) is 19.1 Å². The van der Waals surface area contributed by atoms with Gasteiger partial charge in [0, 0.05) is 0 Å². The highest BCUT2D eigenvalue weighted by Crippen LogP contribution is 2.29. The quantitative estimate of drug-likeness (QED) is 0.539. The maximum absolute atomic E-state index is 11.3. The Bertz CT molecular complexity index is 293. The fourth-order valence-corrected chi connectivity index (χ4v) is 1.26. The van der Waals surface area contributed by atoms with E-state index in [0.29, 0.717) is 0 Å². The molecular formula is C10H11ClO2. The molecule has 0 saturated carbocycles. The fourth-order valence-electron chi connectivity index (χ4n) is 1.06. The van der Waals surface area contributed by atoms with Crippen LogP contribution >= 0.6 is 11.6 Å². The molecule has 1 aromatic carbocycles. The van der Waals surface area contributed by atoms with Crippen molar-refractivity contribution in [2.24, 2.45) is 0 Å². The second kappa shape index (κ2) is 3.79. The molecule has 0 aliphatic rings. The first-order valence-corrected chi connectivity index (χ1v) is 4.29. The second-order valence-electron chi connectivity index (χ2n) is 2.86. The van der Waals surface area contributed by atoms with Crippen molar-refractivity contribution in [3.63, 3.8) is 0 Å². The number of alkyl halides is 1. The first-order valence-electron chi connectivity index (χ1n) is 3.92. The molecule has 0 aromatic heterocycles. The number of methoxy groups -OCH3 is 1. The molecular weight excluding hydrogens is 188 g/mol. The third-order valence-electron chi connectivity index (χ3n) is 1.88. The number of rotatable bonds is 2. The van der Waals surface area contributed by atoms with Crippen molar-refractivity contribution in [1.82, 2.24) is 0 Å². The fraction of sp³-hybridized carbons (Fsp3) is 0.300. The number of esters is 1. The largest absolute Gasteiger partial charge is 0.467 e. The van der Waals surface area contributed by atoms with Crippen LogP contribution in [0, 0.1) is 0 Å². The Labute approximate surface area is 82.5 Å². The molecule has 0 spiro atoms. The number of hydrogen-bond donors (Lipinski definition) is 0. The van der Waals surface area contributed by atoms with Gasteiger partial charge in [-0.15, -0.1) is 11.6 Å². The van der Waals surface area contributed by atoms with E-state index in [-0.39, 0.29) is 0 Å². The highest BCUT2D eigenvalue weighted by atomic mass is 35.5. The molecule has 0 heterocycles. The molecule has 0 N–H and O–H groups in total. The molecule has 13 heavy (non-hydrogen) atoms. The molecule has 0 saturated heterocycles. The Kier molecular flexibility index (Phi) is 2.94. The zero-order chi connectivity index (χ0) is 9.90. The van der Waals surface area contributed by atoms with Crippen molar-refractivity contribution in [2.45, 2.75) is 11.8 Å². The van der Waals surface area contributed by atoms with Crippen LogP contribution in [0.1, 0.15) is 12.5 Å². The standard InChI is InChI=1S/C10H11ClO2/c1-10(11,9(12)13-2)8-6-4-3-5-7-8/h3-7H,1-2H3/t10-/m1/s1. The lowest BCUT2D eigenvalue weighted by Crippen LogP contribution is -2.27. The Morgan fingerprint density at radius 2 is 1.92 bits per heavy atom. The van der Waals surface area contributed by atoms with Crippen molar-refractivity contribution >= 4 is 17.6 Å². The van der Waals surface area contributed by atoms with Gasteiger partial charge in [-0.05, 0) is 12.5 Å². The zero-order valence-corrected chi connectivity index (χ0v) is 8.34. The van der Waals surface area contributed by atoms with Gasteiger partial charge in [0.1, 0.15) is 0 Å². The molecule has 70 valence electrons. The summed E-state index contributed by atoms with van der Waals surface area (Å²) in [5.41, 5.74) is 0.739. The lowest BCUT2D eigenvalue weighted by molar-refractivity contribution is -0.143. The molecule has 0 fully saturated rings. The molecule has 1 rings (SSSR count). The molecule has 3 heteroatoms. The van der Waals surface area contributed by atoms with Crippen LogP contribution in [-0.4, -0.2) is 13.1 Å². The first-order chi connectivity index (χ1) is 6.09. The van der Waals surface area contributed by atoms with Crippen LogP contribution in [0.25, 0.3) is 0 Å². The smallest absolute Gasteiger partial charge is 0.331 e. The maximum atomic E-state index is 11.3. The molecule has 0 radical (unpaired) electrons.